The zero-order valence-electron chi connectivity index (χ0n) is 10.4. The van der Waals surface area contributed by atoms with Crippen LogP contribution in [0.25, 0.3) is 0 Å². The normalized spacial score (nSPS) is 27.8. The summed E-state index contributed by atoms with van der Waals surface area (Å²) < 4.78 is 25.0. The first kappa shape index (κ1) is 13.2. The standard InChI is InChI=1S/C12H18F2N2O2/c1-8-10(17)15-12(5-3-2-4-6-12)11(18)16(8)7-9(13)14/h8-9H,2-7H2,1H3,(H,15,17). The summed E-state index contributed by atoms with van der Waals surface area (Å²) in [5, 5.41) is 2.76. The van der Waals surface area contributed by atoms with Gasteiger partial charge in [0.1, 0.15) is 11.6 Å². The third kappa shape index (κ3) is 2.20. The van der Waals surface area contributed by atoms with Gasteiger partial charge in [0.05, 0.1) is 6.54 Å². The van der Waals surface area contributed by atoms with Crippen LogP contribution in [-0.2, 0) is 9.59 Å². The first-order valence-corrected chi connectivity index (χ1v) is 6.37. The van der Waals surface area contributed by atoms with Crippen LogP contribution in [0.4, 0.5) is 8.78 Å². The first-order chi connectivity index (χ1) is 8.46. The molecule has 1 aliphatic carbocycles. The highest BCUT2D eigenvalue weighted by Gasteiger charge is 2.50. The van der Waals surface area contributed by atoms with Gasteiger partial charge in [0, 0.05) is 0 Å². The van der Waals surface area contributed by atoms with Crippen LogP contribution in [0.5, 0.6) is 0 Å². The molecule has 1 saturated heterocycles. The average molecular weight is 260 g/mol. The van der Waals surface area contributed by atoms with Crippen LogP contribution in [0.15, 0.2) is 0 Å². The number of hydrogen-bond acceptors (Lipinski definition) is 2. The second-order valence-electron chi connectivity index (χ2n) is 5.16. The van der Waals surface area contributed by atoms with Gasteiger partial charge in [0.25, 0.3) is 6.43 Å². The Hall–Kier alpha value is -1.20. The van der Waals surface area contributed by atoms with Crippen LogP contribution < -0.4 is 5.32 Å². The molecule has 6 heteroatoms. The third-order valence-electron chi connectivity index (χ3n) is 3.92. The summed E-state index contributed by atoms with van der Waals surface area (Å²) in [5.74, 6) is -0.660. The molecule has 2 rings (SSSR count). The molecule has 0 bridgehead atoms. The van der Waals surface area contributed by atoms with Crippen LogP contribution >= 0.6 is 0 Å². The SMILES string of the molecule is CC1C(=O)NC2(CCCCC2)C(=O)N1CC(F)F. The van der Waals surface area contributed by atoms with Gasteiger partial charge in [0.2, 0.25) is 11.8 Å². The molecule has 0 aromatic carbocycles. The molecule has 1 heterocycles. The summed E-state index contributed by atoms with van der Waals surface area (Å²) in [7, 11) is 0. The van der Waals surface area contributed by atoms with Crippen molar-refractivity contribution in [3.8, 4) is 0 Å². The highest BCUT2D eigenvalue weighted by molar-refractivity contribution is 5.99. The van der Waals surface area contributed by atoms with Crippen molar-refractivity contribution in [2.45, 2.75) is 57.0 Å². The van der Waals surface area contributed by atoms with Gasteiger partial charge in [-0.1, -0.05) is 19.3 Å². The summed E-state index contributed by atoms with van der Waals surface area (Å²) in [6.07, 6.45) is 1.23. The van der Waals surface area contributed by atoms with Crippen LogP contribution in [0.1, 0.15) is 39.0 Å². The highest BCUT2D eigenvalue weighted by atomic mass is 19.3. The van der Waals surface area contributed by atoms with Gasteiger partial charge in [-0.05, 0) is 19.8 Å². The van der Waals surface area contributed by atoms with E-state index in [1.807, 2.05) is 0 Å². The van der Waals surface area contributed by atoms with Gasteiger partial charge in [-0.15, -0.1) is 0 Å². The van der Waals surface area contributed by atoms with Crippen LogP contribution in [0.3, 0.4) is 0 Å². The molecular formula is C12H18F2N2O2. The molecule has 1 unspecified atom stereocenters. The molecule has 1 saturated carbocycles. The van der Waals surface area contributed by atoms with Crippen molar-refractivity contribution >= 4 is 11.8 Å². The number of piperazine rings is 1. The minimum absolute atomic E-state index is 0.322. The minimum Gasteiger partial charge on any atom is -0.340 e. The second-order valence-corrected chi connectivity index (χ2v) is 5.16. The van der Waals surface area contributed by atoms with Crippen molar-refractivity contribution in [1.29, 1.82) is 0 Å². The van der Waals surface area contributed by atoms with Crippen molar-refractivity contribution in [2.24, 2.45) is 0 Å². The Kier molecular flexibility index (Phi) is 3.54. The monoisotopic (exact) mass is 260 g/mol. The lowest BCUT2D eigenvalue weighted by molar-refractivity contribution is -0.158. The Bertz CT molecular complexity index is 354. The van der Waals surface area contributed by atoms with Crippen molar-refractivity contribution in [3.63, 3.8) is 0 Å². The van der Waals surface area contributed by atoms with E-state index in [-0.39, 0.29) is 11.8 Å². The number of alkyl halides is 2. The summed E-state index contributed by atoms with van der Waals surface area (Å²) >= 11 is 0. The Morgan fingerprint density at radius 3 is 2.50 bits per heavy atom. The van der Waals surface area contributed by atoms with Gasteiger partial charge in [-0.25, -0.2) is 8.78 Å². The third-order valence-corrected chi connectivity index (χ3v) is 3.92. The van der Waals surface area contributed by atoms with Gasteiger partial charge in [0.15, 0.2) is 0 Å². The Labute approximate surface area is 105 Å². The Balaban J connectivity index is 2.23. The molecule has 2 aliphatic rings. The minimum atomic E-state index is -2.61. The fraction of sp³-hybridized carbons (Fsp3) is 0.833. The van der Waals surface area contributed by atoms with E-state index in [4.69, 9.17) is 0 Å². The van der Waals surface area contributed by atoms with Crippen molar-refractivity contribution in [2.75, 3.05) is 6.54 Å². The van der Waals surface area contributed by atoms with E-state index >= 15 is 0 Å². The van der Waals surface area contributed by atoms with E-state index in [2.05, 4.69) is 5.32 Å². The van der Waals surface area contributed by atoms with Crippen molar-refractivity contribution in [3.05, 3.63) is 0 Å². The van der Waals surface area contributed by atoms with E-state index in [9.17, 15) is 18.4 Å². The molecule has 0 radical (unpaired) electrons. The average Bonchev–Trinajstić information content (AvgIpc) is 2.33. The molecule has 18 heavy (non-hydrogen) atoms. The summed E-state index contributed by atoms with van der Waals surface area (Å²) in [6.45, 7) is 0.834. The van der Waals surface area contributed by atoms with Crippen molar-refractivity contribution < 1.29 is 18.4 Å². The molecule has 1 spiro atoms. The molecule has 2 amide bonds. The smallest absolute Gasteiger partial charge is 0.255 e. The highest BCUT2D eigenvalue weighted by Crippen LogP contribution is 2.33. The summed E-state index contributed by atoms with van der Waals surface area (Å²) in [6, 6.07) is -0.806. The number of amides is 2. The van der Waals surface area contributed by atoms with Crippen LogP contribution in [0.2, 0.25) is 0 Å². The summed E-state index contributed by atoms with van der Waals surface area (Å²) in [4.78, 5) is 25.3. The molecule has 102 valence electrons. The van der Waals surface area contributed by atoms with Crippen LogP contribution in [-0.4, -0.2) is 41.3 Å². The number of carbonyl (C=O) groups excluding carboxylic acids is 2. The molecule has 1 atom stereocenters. The van der Waals surface area contributed by atoms with E-state index in [0.29, 0.717) is 12.8 Å². The molecule has 4 nitrogen and oxygen atoms in total. The maximum Gasteiger partial charge on any atom is 0.255 e. The zero-order valence-corrected chi connectivity index (χ0v) is 10.4. The van der Waals surface area contributed by atoms with Crippen LogP contribution in [0, 0.1) is 0 Å². The molecule has 2 fully saturated rings. The summed E-state index contributed by atoms with van der Waals surface area (Å²) in [5.41, 5.74) is -0.920. The second kappa shape index (κ2) is 4.82. The number of hydrogen-bond donors (Lipinski definition) is 1. The number of nitrogens with zero attached hydrogens (tertiary/aromatic N) is 1. The zero-order chi connectivity index (χ0) is 13.3. The topological polar surface area (TPSA) is 49.4 Å². The lowest BCUT2D eigenvalue weighted by Crippen LogP contribution is -2.70. The van der Waals surface area contributed by atoms with Gasteiger partial charge in [-0.3, -0.25) is 9.59 Å². The Morgan fingerprint density at radius 1 is 1.33 bits per heavy atom. The van der Waals surface area contributed by atoms with Gasteiger partial charge >= 0.3 is 0 Å². The van der Waals surface area contributed by atoms with E-state index in [1.165, 1.54) is 6.92 Å². The quantitative estimate of drug-likeness (QED) is 0.813. The molecular weight excluding hydrogens is 242 g/mol. The molecule has 0 aromatic rings. The lowest BCUT2D eigenvalue weighted by atomic mass is 9.78. The fourth-order valence-electron chi connectivity index (χ4n) is 2.87. The molecule has 0 aromatic heterocycles. The number of nitrogens with one attached hydrogen (secondary N) is 1. The Morgan fingerprint density at radius 2 is 1.94 bits per heavy atom. The van der Waals surface area contributed by atoms with Crippen molar-refractivity contribution in [1.82, 2.24) is 10.2 Å². The van der Waals surface area contributed by atoms with E-state index in [1.54, 1.807) is 0 Å². The maximum absolute atomic E-state index is 12.5. The number of halogens is 2. The van der Waals surface area contributed by atoms with Gasteiger partial charge in [-0.2, -0.15) is 0 Å². The predicted octanol–water partition coefficient (Wildman–Crippen LogP) is 1.30. The first-order valence-electron chi connectivity index (χ1n) is 6.37. The van der Waals surface area contributed by atoms with E-state index in [0.717, 1.165) is 24.2 Å². The molecule has 1 N–H and O–H groups in total. The number of carbonyl (C=O) groups is 2. The number of rotatable bonds is 2. The van der Waals surface area contributed by atoms with E-state index < -0.39 is 24.6 Å². The van der Waals surface area contributed by atoms with Gasteiger partial charge < -0.3 is 10.2 Å². The lowest BCUT2D eigenvalue weighted by Gasteiger charge is -2.46. The largest absolute Gasteiger partial charge is 0.340 e. The maximum atomic E-state index is 12.5. The fourth-order valence-corrected chi connectivity index (χ4v) is 2.87. The predicted molar refractivity (Wildman–Crippen MR) is 61.1 cm³/mol. The molecule has 1 aliphatic heterocycles.